The summed E-state index contributed by atoms with van der Waals surface area (Å²) >= 11 is 0. The van der Waals surface area contributed by atoms with Gasteiger partial charge in [0.1, 0.15) is 36.6 Å². The molecule has 0 radical (unpaired) electrons. The highest BCUT2D eigenvalue weighted by atomic mass is 16.7. The molecule has 9 unspecified atom stereocenters. The first-order chi connectivity index (χ1) is 34.2. The summed E-state index contributed by atoms with van der Waals surface area (Å²) in [6.07, 6.45) is 45.0. The van der Waals surface area contributed by atoms with Crippen LogP contribution in [0.2, 0.25) is 0 Å². The molecule has 0 aromatic rings. The van der Waals surface area contributed by atoms with Crippen molar-refractivity contribution >= 4 is 5.91 Å². The van der Waals surface area contributed by atoms with E-state index in [0.29, 0.717) is 19.3 Å². The number of amides is 1. The van der Waals surface area contributed by atoms with Crippen LogP contribution in [0.1, 0.15) is 303 Å². The molecule has 0 bridgehead atoms. The zero-order valence-electron chi connectivity index (χ0n) is 45.8. The second kappa shape index (κ2) is 49.0. The Morgan fingerprint density at radius 3 is 1.06 bits per heavy atom. The van der Waals surface area contributed by atoms with Crippen molar-refractivity contribution in [2.45, 2.75) is 358 Å². The number of hydrogen-bond acceptors (Lipinski definition) is 10. The number of hydrogen-bond donors (Lipinski definition) is 8. The van der Waals surface area contributed by atoms with Crippen molar-refractivity contribution in [1.82, 2.24) is 5.32 Å². The lowest BCUT2D eigenvalue weighted by atomic mass is 9.98. The van der Waals surface area contributed by atoms with E-state index in [1.807, 2.05) is 0 Å². The third-order valence-corrected chi connectivity index (χ3v) is 15.2. The molecule has 70 heavy (non-hydrogen) atoms. The number of carbonyl (C=O) groups is 1. The lowest BCUT2D eigenvalue weighted by Crippen LogP contribution is -2.60. The minimum Gasteiger partial charge on any atom is -0.394 e. The van der Waals surface area contributed by atoms with Crippen LogP contribution in [0, 0.1) is 0 Å². The van der Waals surface area contributed by atoms with Crippen LogP contribution in [0.3, 0.4) is 0 Å². The molecular weight excluding hydrogens is 883 g/mol. The molecule has 8 N–H and O–H groups in total. The fraction of sp³-hybridized carbons (Fsp3) is 0.983. The van der Waals surface area contributed by atoms with Crippen molar-refractivity contribution in [1.29, 1.82) is 0 Å². The van der Waals surface area contributed by atoms with Crippen molar-refractivity contribution in [3.8, 4) is 0 Å². The predicted octanol–water partition coefficient (Wildman–Crippen LogP) is 13.0. The zero-order valence-corrected chi connectivity index (χ0v) is 45.8. The maximum atomic E-state index is 13.1. The van der Waals surface area contributed by atoms with E-state index in [2.05, 4.69) is 19.2 Å². The van der Waals surface area contributed by atoms with Crippen LogP contribution in [-0.4, -0.2) is 110 Å². The average Bonchev–Trinajstić information content (AvgIpc) is 3.36. The van der Waals surface area contributed by atoms with E-state index in [4.69, 9.17) is 9.47 Å². The number of rotatable bonds is 53. The fourth-order valence-electron chi connectivity index (χ4n) is 10.2. The summed E-state index contributed by atoms with van der Waals surface area (Å²) in [5.74, 6) is -0.692. The summed E-state index contributed by atoms with van der Waals surface area (Å²) in [6, 6.07) is -1.16. The number of ether oxygens (including phenoxy) is 2. The number of aliphatic hydroxyl groups is 7. The Morgan fingerprint density at radius 2 is 0.743 bits per heavy atom. The first kappa shape index (κ1) is 67.1. The fourth-order valence-corrected chi connectivity index (χ4v) is 10.2. The van der Waals surface area contributed by atoms with Gasteiger partial charge in [0, 0.05) is 0 Å². The highest BCUT2D eigenvalue weighted by Crippen LogP contribution is 2.24. The van der Waals surface area contributed by atoms with Crippen LogP contribution in [0.5, 0.6) is 0 Å². The summed E-state index contributed by atoms with van der Waals surface area (Å²) in [5, 5.41) is 75.8. The van der Waals surface area contributed by atoms with Gasteiger partial charge in [0.15, 0.2) is 6.29 Å². The lowest BCUT2D eigenvalue weighted by molar-refractivity contribution is -0.303. The van der Waals surface area contributed by atoms with E-state index in [1.165, 1.54) is 225 Å². The monoisotopic (exact) mass is 1000 g/mol. The number of unbranched alkanes of at least 4 members (excludes halogenated alkanes) is 41. The molecule has 418 valence electrons. The minimum atomic E-state index is -1.66. The third-order valence-electron chi connectivity index (χ3n) is 15.2. The first-order valence-electron chi connectivity index (χ1n) is 30.4. The van der Waals surface area contributed by atoms with Gasteiger partial charge in [-0.25, -0.2) is 0 Å². The van der Waals surface area contributed by atoms with Crippen molar-refractivity contribution in [3.63, 3.8) is 0 Å². The van der Waals surface area contributed by atoms with Crippen molar-refractivity contribution in [2.24, 2.45) is 0 Å². The average molecular weight is 1000 g/mol. The van der Waals surface area contributed by atoms with Gasteiger partial charge in [-0.3, -0.25) is 4.79 Å². The molecule has 1 amide bonds. The standard InChI is InChI=1S/C59H117NO10/c1-3-5-7-9-11-13-14-15-16-17-18-19-20-21-22-23-24-25-26-27-28-29-30-31-32-33-34-35-36-37-39-41-43-45-47-52(63)58(68)60-50(49-69-59-57(67)56(66)55(65)53(48-61)70-59)54(64)51(62)46-44-42-40-38-12-10-8-6-4-2/h50-57,59,61-67H,3-49H2,1-2H3,(H,60,68). The Morgan fingerprint density at radius 1 is 0.443 bits per heavy atom. The molecule has 1 heterocycles. The molecular formula is C59H117NO10. The Balaban J connectivity index is 2.09. The maximum absolute atomic E-state index is 13.1. The van der Waals surface area contributed by atoms with E-state index in [-0.39, 0.29) is 6.42 Å². The largest absolute Gasteiger partial charge is 0.394 e. The molecule has 1 fully saturated rings. The van der Waals surface area contributed by atoms with Gasteiger partial charge in [-0.2, -0.15) is 0 Å². The van der Waals surface area contributed by atoms with Crippen LogP contribution in [0.15, 0.2) is 0 Å². The second-order valence-electron chi connectivity index (χ2n) is 21.8. The summed E-state index contributed by atoms with van der Waals surface area (Å²) in [4.78, 5) is 13.1. The molecule has 0 aromatic heterocycles. The zero-order chi connectivity index (χ0) is 51.1. The number of nitrogens with one attached hydrogen (secondary N) is 1. The molecule has 11 heteroatoms. The normalized spacial score (nSPS) is 20.2. The van der Waals surface area contributed by atoms with Crippen LogP contribution in [0.4, 0.5) is 0 Å². The topological polar surface area (TPSA) is 189 Å². The molecule has 1 rings (SSSR count). The number of aliphatic hydroxyl groups excluding tert-OH is 7. The maximum Gasteiger partial charge on any atom is 0.249 e. The predicted molar refractivity (Wildman–Crippen MR) is 289 cm³/mol. The highest BCUT2D eigenvalue weighted by Gasteiger charge is 2.44. The minimum absolute atomic E-state index is 0.267. The van der Waals surface area contributed by atoms with Crippen LogP contribution in [0.25, 0.3) is 0 Å². The van der Waals surface area contributed by atoms with Gasteiger partial charge in [-0.05, 0) is 12.8 Å². The Bertz CT molecular complexity index is 1100. The van der Waals surface area contributed by atoms with Gasteiger partial charge in [-0.15, -0.1) is 0 Å². The van der Waals surface area contributed by atoms with Gasteiger partial charge in [0.05, 0.1) is 25.4 Å². The van der Waals surface area contributed by atoms with Gasteiger partial charge < -0.3 is 50.5 Å². The second-order valence-corrected chi connectivity index (χ2v) is 21.8. The van der Waals surface area contributed by atoms with Crippen LogP contribution >= 0.6 is 0 Å². The molecule has 1 aliphatic rings. The van der Waals surface area contributed by atoms with Gasteiger partial charge in [-0.1, -0.05) is 290 Å². The summed E-state index contributed by atoms with van der Waals surface area (Å²) in [5.41, 5.74) is 0. The first-order valence-corrected chi connectivity index (χ1v) is 30.4. The Labute approximate surface area is 430 Å². The van der Waals surface area contributed by atoms with E-state index in [0.717, 1.165) is 38.5 Å². The lowest BCUT2D eigenvalue weighted by Gasteiger charge is -2.40. The molecule has 9 atom stereocenters. The van der Waals surface area contributed by atoms with Crippen LogP contribution < -0.4 is 5.32 Å². The molecule has 11 nitrogen and oxygen atoms in total. The van der Waals surface area contributed by atoms with E-state index < -0.39 is 74.2 Å². The van der Waals surface area contributed by atoms with Gasteiger partial charge in [0.25, 0.3) is 0 Å². The molecule has 0 aliphatic carbocycles. The molecule has 0 spiro atoms. The van der Waals surface area contributed by atoms with E-state index >= 15 is 0 Å². The quantitative estimate of drug-likeness (QED) is 0.0272. The third kappa shape index (κ3) is 36.9. The molecule has 0 aromatic carbocycles. The summed E-state index contributed by atoms with van der Waals surface area (Å²) in [7, 11) is 0. The smallest absolute Gasteiger partial charge is 0.249 e. The van der Waals surface area contributed by atoms with Crippen LogP contribution in [-0.2, 0) is 14.3 Å². The molecule has 1 aliphatic heterocycles. The van der Waals surface area contributed by atoms with E-state index in [1.54, 1.807) is 0 Å². The number of carbonyl (C=O) groups excluding carboxylic acids is 1. The SMILES string of the molecule is CCCCCCCCCCCCCCCCCCCCCCCCCCCCCCCCCCCCC(O)C(=O)NC(COC1OC(CO)C(O)C(O)C1O)C(O)C(O)CCCCCCCCCCC. The summed E-state index contributed by atoms with van der Waals surface area (Å²) in [6.45, 7) is 3.45. The van der Waals surface area contributed by atoms with Gasteiger partial charge >= 0.3 is 0 Å². The Hall–Kier alpha value is -0.890. The highest BCUT2D eigenvalue weighted by molar-refractivity contribution is 5.80. The van der Waals surface area contributed by atoms with E-state index in [9.17, 15) is 40.5 Å². The molecule has 0 saturated carbocycles. The van der Waals surface area contributed by atoms with Crippen molar-refractivity contribution in [3.05, 3.63) is 0 Å². The summed E-state index contributed by atoms with van der Waals surface area (Å²) < 4.78 is 11.1. The van der Waals surface area contributed by atoms with Crippen molar-refractivity contribution < 1.29 is 50.0 Å². The van der Waals surface area contributed by atoms with Crippen molar-refractivity contribution in [2.75, 3.05) is 13.2 Å². The Kier molecular flexibility index (Phi) is 47.0. The van der Waals surface area contributed by atoms with Gasteiger partial charge in [0.2, 0.25) is 5.91 Å². The molecule has 1 saturated heterocycles.